The molecule has 0 atom stereocenters. The Hall–Kier alpha value is -2.40. The van der Waals surface area contributed by atoms with E-state index in [1.807, 2.05) is 22.6 Å². The van der Waals surface area contributed by atoms with E-state index in [1.165, 1.54) is 18.4 Å². The molecule has 4 rings (SSSR count). The largest absolute Gasteiger partial charge is 0.476 e. The molecule has 0 saturated heterocycles. The second kappa shape index (κ2) is 5.66. The third kappa shape index (κ3) is 2.47. The normalized spacial score (nSPS) is 14.9. The van der Waals surface area contributed by atoms with Crippen molar-refractivity contribution in [3.05, 3.63) is 54.0 Å². The summed E-state index contributed by atoms with van der Waals surface area (Å²) in [6, 6.07) is 10.2. The van der Waals surface area contributed by atoms with Crippen molar-refractivity contribution in [3.8, 4) is 10.4 Å². The van der Waals surface area contributed by atoms with Crippen LogP contribution in [0.15, 0.2) is 42.6 Å². The molecule has 0 spiro atoms. The van der Waals surface area contributed by atoms with Crippen molar-refractivity contribution in [1.82, 2.24) is 9.38 Å². The van der Waals surface area contributed by atoms with Gasteiger partial charge >= 0.3 is 5.97 Å². The minimum atomic E-state index is -0.981. The molecule has 0 bridgehead atoms. The molecule has 3 aromatic rings. The molecule has 0 unspecified atom stereocenters. The molecular weight excluding hydrogens is 308 g/mol. The molecule has 2 aromatic heterocycles. The fraction of sp³-hybridized carbons (Fsp3) is 0.222. The van der Waals surface area contributed by atoms with E-state index in [0.29, 0.717) is 0 Å². The van der Waals surface area contributed by atoms with Gasteiger partial charge in [-0.25, -0.2) is 9.78 Å². The van der Waals surface area contributed by atoms with Gasteiger partial charge in [-0.15, -0.1) is 0 Å². The number of carbonyl (C=O) groups is 1. The second-order valence-electron chi connectivity index (χ2n) is 5.70. The van der Waals surface area contributed by atoms with Crippen LogP contribution in [0.3, 0.4) is 0 Å². The quantitative estimate of drug-likeness (QED) is 0.758. The topological polar surface area (TPSA) is 54.6 Å². The van der Waals surface area contributed by atoms with E-state index in [-0.39, 0.29) is 5.69 Å². The molecule has 4 nitrogen and oxygen atoms in total. The zero-order valence-corrected chi connectivity index (χ0v) is 13.3. The zero-order valence-electron chi connectivity index (χ0n) is 12.5. The SMILES string of the molecule is O=C(O)c1cn2c(C3=CCCCC3)c(-c3ccccc3)sc2n1. The summed E-state index contributed by atoms with van der Waals surface area (Å²) in [7, 11) is 0. The number of aromatic carboxylic acids is 1. The number of aromatic nitrogens is 2. The average Bonchev–Trinajstić information content (AvgIpc) is 3.14. The Kier molecular flexibility index (Phi) is 3.50. The summed E-state index contributed by atoms with van der Waals surface area (Å²) in [4.78, 5) is 17.4. The first kappa shape index (κ1) is 14.2. The monoisotopic (exact) mass is 324 g/mol. The molecule has 1 aliphatic carbocycles. The Bertz CT molecular complexity index is 906. The molecule has 1 N–H and O–H groups in total. The summed E-state index contributed by atoms with van der Waals surface area (Å²) in [6.07, 6.45) is 8.45. The molecule has 0 fully saturated rings. The summed E-state index contributed by atoms with van der Waals surface area (Å²) < 4.78 is 1.95. The Morgan fingerprint density at radius 1 is 1.22 bits per heavy atom. The van der Waals surface area contributed by atoms with Crippen LogP contribution in [0.2, 0.25) is 0 Å². The van der Waals surface area contributed by atoms with Crippen LogP contribution in [0.4, 0.5) is 0 Å². The van der Waals surface area contributed by atoms with Crippen LogP contribution in [0.1, 0.15) is 41.9 Å². The van der Waals surface area contributed by atoms with Crippen LogP contribution >= 0.6 is 11.3 Å². The summed E-state index contributed by atoms with van der Waals surface area (Å²) in [5, 5.41) is 9.21. The predicted octanol–water partition coefficient (Wildman–Crippen LogP) is 4.72. The molecule has 0 radical (unpaired) electrons. The van der Waals surface area contributed by atoms with E-state index in [1.54, 1.807) is 17.5 Å². The fourth-order valence-electron chi connectivity index (χ4n) is 3.09. The first-order chi connectivity index (χ1) is 11.2. The molecule has 23 heavy (non-hydrogen) atoms. The Morgan fingerprint density at radius 3 is 2.74 bits per heavy atom. The van der Waals surface area contributed by atoms with Crippen LogP contribution in [0.25, 0.3) is 21.0 Å². The highest BCUT2D eigenvalue weighted by Gasteiger charge is 2.21. The van der Waals surface area contributed by atoms with Crippen molar-refractivity contribution in [2.45, 2.75) is 25.7 Å². The summed E-state index contributed by atoms with van der Waals surface area (Å²) >= 11 is 1.56. The van der Waals surface area contributed by atoms with E-state index in [2.05, 4.69) is 23.2 Å². The highest BCUT2D eigenvalue weighted by atomic mass is 32.1. The van der Waals surface area contributed by atoms with Crippen LogP contribution in [0.5, 0.6) is 0 Å². The minimum absolute atomic E-state index is 0.105. The first-order valence-corrected chi connectivity index (χ1v) is 8.55. The Morgan fingerprint density at radius 2 is 2.04 bits per heavy atom. The maximum Gasteiger partial charge on any atom is 0.356 e. The molecule has 0 amide bonds. The lowest BCUT2D eigenvalue weighted by atomic mass is 9.95. The highest BCUT2D eigenvalue weighted by Crippen LogP contribution is 2.40. The van der Waals surface area contributed by atoms with Gasteiger partial charge in [-0.3, -0.25) is 4.40 Å². The van der Waals surface area contributed by atoms with Gasteiger partial charge in [0.1, 0.15) is 0 Å². The fourth-order valence-corrected chi connectivity index (χ4v) is 4.24. The third-order valence-corrected chi connectivity index (χ3v) is 5.28. The number of fused-ring (bicyclic) bond motifs is 1. The van der Waals surface area contributed by atoms with Crippen LogP contribution in [0, 0.1) is 0 Å². The van der Waals surface area contributed by atoms with E-state index in [4.69, 9.17) is 0 Å². The number of thiazole rings is 1. The summed E-state index contributed by atoms with van der Waals surface area (Å²) in [6.45, 7) is 0. The molecule has 1 aromatic carbocycles. The Balaban J connectivity index is 1.97. The second-order valence-corrected chi connectivity index (χ2v) is 6.68. The maximum atomic E-state index is 11.2. The van der Waals surface area contributed by atoms with Crippen molar-refractivity contribution >= 4 is 27.8 Å². The number of hydrogen-bond donors (Lipinski definition) is 1. The minimum Gasteiger partial charge on any atom is -0.476 e. The number of rotatable bonds is 3. The number of nitrogens with zero attached hydrogens (tertiary/aromatic N) is 2. The molecule has 116 valence electrons. The van der Waals surface area contributed by atoms with Crippen LogP contribution in [-0.4, -0.2) is 20.5 Å². The lowest BCUT2D eigenvalue weighted by Gasteiger charge is -2.14. The van der Waals surface area contributed by atoms with Gasteiger partial charge < -0.3 is 5.11 Å². The average molecular weight is 324 g/mol. The van der Waals surface area contributed by atoms with Gasteiger partial charge in [0.2, 0.25) is 0 Å². The maximum absolute atomic E-state index is 11.2. The highest BCUT2D eigenvalue weighted by molar-refractivity contribution is 7.20. The van der Waals surface area contributed by atoms with Crippen molar-refractivity contribution in [2.75, 3.05) is 0 Å². The summed E-state index contributed by atoms with van der Waals surface area (Å²) in [5.74, 6) is -0.981. The lowest BCUT2D eigenvalue weighted by Crippen LogP contribution is -1.98. The van der Waals surface area contributed by atoms with E-state index in [9.17, 15) is 9.90 Å². The number of allylic oxidation sites excluding steroid dienone is 2. The van der Waals surface area contributed by atoms with Gasteiger partial charge in [-0.05, 0) is 36.8 Å². The van der Waals surface area contributed by atoms with Crippen LogP contribution < -0.4 is 0 Å². The first-order valence-electron chi connectivity index (χ1n) is 7.74. The lowest BCUT2D eigenvalue weighted by molar-refractivity contribution is 0.0691. The Labute approximate surface area is 137 Å². The number of hydrogen-bond acceptors (Lipinski definition) is 3. The van der Waals surface area contributed by atoms with Gasteiger partial charge in [0.25, 0.3) is 0 Å². The molecule has 0 saturated carbocycles. The van der Waals surface area contributed by atoms with Crippen molar-refractivity contribution in [1.29, 1.82) is 0 Å². The molecular formula is C18H16N2O2S. The number of carboxylic acid groups (broad SMARTS) is 1. The summed E-state index contributed by atoms with van der Waals surface area (Å²) in [5.41, 5.74) is 3.67. The molecule has 0 aliphatic heterocycles. The standard InChI is InChI=1S/C18H16N2O2S/c21-17(22)14-11-20-15(12-7-3-1-4-8-12)16(23-18(20)19-14)13-9-5-2-6-10-13/h2,5-7,9-11H,1,3-4,8H2,(H,21,22). The van der Waals surface area contributed by atoms with Gasteiger partial charge in [0.15, 0.2) is 10.7 Å². The predicted molar refractivity (Wildman–Crippen MR) is 91.9 cm³/mol. The van der Waals surface area contributed by atoms with Gasteiger partial charge in [0, 0.05) is 6.20 Å². The molecule has 2 heterocycles. The number of benzene rings is 1. The van der Waals surface area contributed by atoms with E-state index < -0.39 is 5.97 Å². The zero-order chi connectivity index (χ0) is 15.8. The van der Waals surface area contributed by atoms with Crippen molar-refractivity contribution < 1.29 is 9.90 Å². The smallest absolute Gasteiger partial charge is 0.356 e. The molecule has 5 heteroatoms. The number of carboxylic acids is 1. The van der Waals surface area contributed by atoms with Crippen molar-refractivity contribution in [3.63, 3.8) is 0 Å². The van der Waals surface area contributed by atoms with E-state index in [0.717, 1.165) is 33.9 Å². The van der Waals surface area contributed by atoms with Crippen LogP contribution in [-0.2, 0) is 0 Å². The van der Waals surface area contributed by atoms with E-state index >= 15 is 0 Å². The van der Waals surface area contributed by atoms with Gasteiger partial charge in [0.05, 0.1) is 10.6 Å². The number of imidazole rings is 1. The van der Waals surface area contributed by atoms with Crippen molar-refractivity contribution in [2.24, 2.45) is 0 Å². The van der Waals surface area contributed by atoms with Gasteiger partial charge in [-0.1, -0.05) is 47.7 Å². The third-order valence-electron chi connectivity index (χ3n) is 4.17. The molecule has 1 aliphatic rings. The van der Waals surface area contributed by atoms with Gasteiger partial charge in [-0.2, -0.15) is 0 Å².